The number of allylic oxidation sites excluding steroid dienone is 1. The lowest BCUT2D eigenvalue weighted by Crippen LogP contribution is -2.41. The van der Waals surface area contributed by atoms with Gasteiger partial charge in [-0.3, -0.25) is 0 Å². The van der Waals surface area contributed by atoms with Crippen LogP contribution in [-0.4, -0.2) is 5.54 Å². The molecule has 1 heteroatoms. The number of unbranched alkanes of at least 4 members (excludes halogenated alkanes) is 1. The van der Waals surface area contributed by atoms with Crippen molar-refractivity contribution in [2.45, 2.75) is 127 Å². The fraction of sp³-hybridized carbons (Fsp3) is 0.556. The van der Waals surface area contributed by atoms with Crippen molar-refractivity contribution in [3.63, 3.8) is 0 Å². The molecule has 0 saturated heterocycles. The Labute approximate surface area is 233 Å². The summed E-state index contributed by atoms with van der Waals surface area (Å²) in [5.41, 5.74) is 6.07. The summed E-state index contributed by atoms with van der Waals surface area (Å²) in [5.74, 6) is 0. The van der Waals surface area contributed by atoms with Gasteiger partial charge >= 0.3 is 0 Å². The monoisotopic (exact) mass is 509 g/mol. The lowest BCUT2D eigenvalue weighted by atomic mass is 9.88. The Morgan fingerprint density at radius 2 is 1.08 bits per heavy atom. The van der Waals surface area contributed by atoms with E-state index in [1.807, 2.05) is 13.8 Å². The third-order valence-electron chi connectivity index (χ3n) is 5.33. The number of nitrogens with one attached hydrogen (secondary N) is 1. The van der Waals surface area contributed by atoms with Crippen LogP contribution in [-0.2, 0) is 19.3 Å². The van der Waals surface area contributed by atoms with Gasteiger partial charge in [0.1, 0.15) is 0 Å². The molecule has 0 fully saturated rings. The third-order valence-corrected chi connectivity index (χ3v) is 5.33. The molecule has 212 valence electrons. The second-order valence-corrected chi connectivity index (χ2v) is 11.2. The molecule has 37 heavy (non-hydrogen) atoms. The van der Waals surface area contributed by atoms with Gasteiger partial charge in [-0.15, -0.1) is 13.2 Å². The number of hydrogen-bond acceptors (Lipinski definition) is 1. The summed E-state index contributed by atoms with van der Waals surface area (Å²) < 4.78 is 0. The molecular formula is C36H63N. The molecule has 0 aliphatic heterocycles. The van der Waals surface area contributed by atoms with Crippen molar-refractivity contribution in [3.8, 4) is 0 Å². The fourth-order valence-electron chi connectivity index (χ4n) is 3.91. The van der Waals surface area contributed by atoms with Crippen LogP contribution in [0.15, 0.2) is 80.0 Å². The van der Waals surface area contributed by atoms with Crippen LogP contribution in [0.4, 0.5) is 0 Å². The molecule has 0 amide bonds. The van der Waals surface area contributed by atoms with Crippen LogP contribution >= 0.6 is 0 Å². The average molecular weight is 510 g/mol. The minimum absolute atomic E-state index is 0. The van der Waals surface area contributed by atoms with Crippen molar-refractivity contribution in [1.82, 2.24) is 5.32 Å². The van der Waals surface area contributed by atoms with Gasteiger partial charge in [-0.25, -0.2) is 0 Å². The summed E-state index contributed by atoms with van der Waals surface area (Å²) in [5, 5.41) is 3.59. The molecule has 2 rings (SSSR count). The van der Waals surface area contributed by atoms with Crippen LogP contribution in [0.2, 0.25) is 0 Å². The molecule has 1 N–H and O–H groups in total. The molecule has 1 atom stereocenters. The maximum absolute atomic E-state index is 4.03. The molecule has 0 spiro atoms. The van der Waals surface area contributed by atoms with Crippen LogP contribution in [0.3, 0.4) is 0 Å². The van der Waals surface area contributed by atoms with Gasteiger partial charge in [0.15, 0.2) is 0 Å². The summed E-state index contributed by atoms with van der Waals surface area (Å²) >= 11 is 0. The average Bonchev–Trinajstić information content (AvgIpc) is 2.83. The number of hydrogen-bond donors (Lipinski definition) is 1. The lowest BCUT2D eigenvalue weighted by molar-refractivity contribution is 0.333. The molecule has 1 nitrogen and oxygen atoms in total. The smallest absolute Gasteiger partial charge is 0.0345 e. The van der Waals surface area contributed by atoms with Gasteiger partial charge < -0.3 is 5.32 Å². The zero-order chi connectivity index (χ0) is 28.0. The SMILES string of the molecule is C.C=C.C=C(C)N[C@@](C)(CCC)CCc1ccc(CCCCc2ccccc2)cc1.CC.CC(C)(C)C. The predicted molar refractivity (Wildman–Crippen MR) is 174 cm³/mol. The van der Waals surface area contributed by atoms with Crippen LogP contribution < -0.4 is 5.32 Å². The number of rotatable bonds is 12. The zero-order valence-corrected chi connectivity index (χ0v) is 25.5. The Hall–Kier alpha value is -2.28. The Bertz CT molecular complexity index is 761. The summed E-state index contributed by atoms with van der Waals surface area (Å²) in [7, 11) is 0. The standard InChI is InChI=1S/C26H37N.C5H12.C2H6.C2H4.CH4/c1-5-20-26(4,27-22(2)3)21-19-25-17-15-24(16-18-25)14-10-9-13-23-11-7-6-8-12-23;1-5(2,3)4;2*1-2;/h6-8,11-12,15-18,27H,2,5,9-10,13-14,19-21H2,1,3-4H3;1-4H3;1-2H3;1-2H2;1H4/t26-;;;;/m0..../s1. The highest BCUT2D eigenvalue weighted by atomic mass is 15.0. The molecule has 0 saturated carbocycles. The molecule has 0 aliphatic carbocycles. The molecular weight excluding hydrogens is 446 g/mol. The summed E-state index contributed by atoms with van der Waals surface area (Å²) in [4.78, 5) is 0. The first-order valence-corrected chi connectivity index (χ1v) is 14.1. The van der Waals surface area contributed by atoms with Crippen molar-refractivity contribution in [3.05, 3.63) is 96.7 Å². The van der Waals surface area contributed by atoms with Gasteiger partial charge in [-0.1, -0.05) is 123 Å². The second kappa shape index (κ2) is 22.9. The molecule has 2 aromatic carbocycles. The summed E-state index contributed by atoms with van der Waals surface area (Å²) in [6, 6.07) is 20.1. The first-order chi connectivity index (χ1) is 17.0. The Kier molecular flexibility index (Phi) is 24.3. The first kappa shape index (κ1) is 39.2. The van der Waals surface area contributed by atoms with Crippen LogP contribution in [0.25, 0.3) is 0 Å². The van der Waals surface area contributed by atoms with Crippen molar-refractivity contribution in [1.29, 1.82) is 0 Å². The zero-order valence-electron chi connectivity index (χ0n) is 25.5. The Balaban J connectivity index is -0.00000101. The van der Waals surface area contributed by atoms with E-state index in [9.17, 15) is 0 Å². The Morgan fingerprint density at radius 3 is 1.46 bits per heavy atom. The highest BCUT2D eigenvalue weighted by molar-refractivity contribution is 5.23. The molecule has 0 aromatic heterocycles. The molecule has 0 aliphatic rings. The van der Waals surface area contributed by atoms with Crippen molar-refractivity contribution in [2.24, 2.45) is 5.41 Å². The number of aryl methyl sites for hydroxylation is 3. The normalized spacial score (nSPS) is 11.5. The van der Waals surface area contributed by atoms with Gasteiger partial charge in [-0.2, -0.15) is 0 Å². The predicted octanol–water partition coefficient (Wildman–Crippen LogP) is 11.4. The Morgan fingerprint density at radius 1 is 0.703 bits per heavy atom. The molecule has 0 radical (unpaired) electrons. The van der Waals surface area contributed by atoms with E-state index in [-0.39, 0.29) is 13.0 Å². The van der Waals surface area contributed by atoms with E-state index in [1.54, 1.807) is 0 Å². The fourth-order valence-corrected chi connectivity index (χ4v) is 3.91. The van der Waals surface area contributed by atoms with E-state index in [0.29, 0.717) is 5.41 Å². The quantitative estimate of drug-likeness (QED) is 0.221. The highest BCUT2D eigenvalue weighted by Crippen LogP contribution is 2.21. The van der Waals surface area contributed by atoms with Gasteiger partial charge in [0.25, 0.3) is 0 Å². The molecule has 0 bridgehead atoms. The van der Waals surface area contributed by atoms with Crippen molar-refractivity contribution in [2.75, 3.05) is 0 Å². The summed E-state index contributed by atoms with van der Waals surface area (Å²) in [6.45, 7) is 29.4. The van der Waals surface area contributed by atoms with Crippen molar-refractivity contribution >= 4 is 0 Å². The molecule has 0 heterocycles. The molecule has 2 aromatic rings. The summed E-state index contributed by atoms with van der Waals surface area (Å²) in [6.07, 6.45) is 9.51. The van der Waals surface area contributed by atoms with Crippen molar-refractivity contribution < 1.29 is 0 Å². The third kappa shape index (κ3) is 23.8. The van der Waals surface area contributed by atoms with Gasteiger partial charge in [0, 0.05) is 11.2 Å². The van der Waals surface area contributed by atoms with Gasteiger partial charge in [0.2, 0.25) is 0 Å². The topological polar surface area (TPSA) is 12.0 Å². The highest BCUT2D eigenvalue weighted by Gasteiger charge is 2.22. The van der Waals surface area contributed by atoms with Crippen LogP contribution in [0.1, 0.15) is 119 Å². The van der Waals surface area contributed by atoms with Crippen LogP contribution in [0.5, 0.6) is 0 Å². The second-order valence-electron chi connectivity index (χ2n) is 11.2. The minimum atomic E-state index is 0. The van der Waals surface area contributed by atoms with E-state index in [4.69, 9.17) is 0 Å². The minimum Gasteiger partial charge on any atom is -0.384 e. The van der Waals surface area contributed by atoms with E-state index in [0.717, 1.165) is 18.5 Å². The lowest BCUT2D eigenvalue weighted by Gasteiger charge is -2.32. The van der Waals surface area contributed by atoms with Crippen LogP contribution in [0, 0.1) is 5.41 Å². The largest absolute Gasteiger partial charge is 0.384 e. The number of benzene rings is 2. The molecule has 0 unspecified atom stereocenters. The van der Waals surface area contributed by atoms with E-state index in [1.165, 1.54) is 55.2 Å². The maximum atomic E-state index is 4.03. The van der Waals surface area contributed by atoms with E-state index < -0.39 is 0 Å². The van der Waals surface area contributed by atoms with E-state index >= 15 is 0 Å². The maximum Gasteiger partial charge on any atom is 0.0345 e. The van der Waals surface area contributed by atoms with Gasteiger partial charge in [0.05, 0.1) is 0 Å². The first-order valence-electron chi connectivity index (χ1n) is 14.1. The van der Waals surface area contributed by atoms with Gasteiger partial charge in [-0.05, 0) is 80.9 Å². The van der Waals surface area contributed by atoms with E-state index in [2.05, 4.69) is 128 Å².